The molecule has 1 saturated carbocycles. The molecular weight excluding hydrogens is 316 g/mol. The molecule has 0 radical (unpaired) electrons. The molecule has 1 aromatic rings. The van der Waals surface area contributed by atoms with E-state index >= 15 is 0 Å². The summed E-state index contributed by atoms with van der Waals surface area (Å²) in [6.45, 7) is 3.34. The summed E-state index contributed by atoms with van der Waals surface area (Å²) >= 11 is 0. The molecule has 1 heterocycles. The molecule has 1 aliphatic carbocycles. The Kier molecular flexibility index (Phi) is 6.10. The predicted octanol–water partition coefficient (Wildman–Crippen LogP) is 2.40. The molecular formula is C20H30N2O3. The van der Waals surface area contributed by atoms with Gasteiger partial charge < -0.3 is 14.4 Å². The highest BCUT2D eigenvalue weighted by Gasteiger charge is 2.38. The molecule has 1 saturated heterocycles. The SMILES string of the molecule is CO[C@@H]1CCC[C@H]1[C@@H]1COCCN1Cc1cccc(C(=O)N(C)C)c1. The average Bonchev–Trinajstić information content (AvgIpc) is 3.10. The lowest BCUT2D eigenvalue weighted by Gasteiger charge is -2.40. The van der Waals surface area contributed by atoms with Gasteiger partial charge in [-0.05, 0) is 30.5 Å². The van der Waals surface area contributed by atoms with Gasteiger partial charge in [-0.3, -0.25) is 9.69 Å². The molecule has 0 bridgehead atoms. The predicted molar refractivity (Wildman–Crippen MR) is 97.6 cm³/mol. The van der Waals surface area contributed by atoms with E-state index in [4.69, 9.17) is 9.47 Å². The van der Waals surface area contributed by atoms with Crippen molar-refractivity contribution in [3.8, 4) is 0 Å². The lowest BCUT2D eigenvalue weighted by Crippen LogP contribution is -2.50. The van der Waals surface area contributed by atoms with Crippen molar-refractivity contribution in [1.82, 2.24) is 9.80 Å². The molecule has 2 fully saturated rings. The zero-order valence-electron chi connectivity index (χ0n) is 15.6. The summed E-state index contributed by atoms with van der Waals surface area (Å²) in [7, 11) is 5.41. The van der Waals surface area contributed by atoms with Gasteiger partial charge in [0.25, 0.3) is 5.91 Å². The zero-order valence-corrected chi connectivity index (χ0v) is 15.6. The summed E-state index contributed by atoms with van der Waals surface area (Å²) in [5.41, 5.74) is 1.94. The second kappa shape index (κ2) is 8.30. The number of benzene rings is 1. The van der Waals surface area contributed by atoms with Crippen LogP contribution in [0.1, 0.15) is 35.2 Å². The number of hydrogen-bond donors (Lipinski definition) is 0. The fourth-order valence-corrected chi connectivity index (χ4v) is 4.23. The van der Waals surface area contributed by atoms with Crippen molar-refractivity contribution < 1.29 is 14.3 Å². The van der Waals surface area contributed by atoms with Crippen LogP contribution in [0, 0.1) is 5.92 Å². The second-order valence-corrected chi connectivity index (χ2v) is 7.38. The number of carbonyl (C=O) groups excluding carboxylic acids is 1. The van der Waals surface area contributed by atoms with Crippen molar-refractivity contribution in [2.45, 2.75) is 38.0 Å². The maximum Gasteiger partial charge on any atom is 0.253 e. The van der Waals surface area contributed by atoms with E-state index in [0.29, 0.717) is 18.1 Å². The second-order valence-electron chi connectivity index (χ2n) is 7.38. The Morgan fingerprint density at radius 1 is 1.36 bits per heavy atom. The van der Waals surface area contributed by atoms with Crippen LogP contribution in [-0.4, -0.2) is 68.8 Å². The summed E-state index contributed by atoms with van der Waals surface area (Å²) < 4.78 is 11.5. The molecule has 3 atom stereocenters. The largest absolute Gasteiger partial charge is 0.381 e. The van der Waals surface area contributed by atoms with Crippen LogP contribution in [0.2, 0.25) is 0 Å². The van der Waals surface area contributed by atoms with Crippen LogP contribution in [0.5, 0.6) is 0 Å². The Hall–Kier alpha value is -1.43. The summed E-state index contributed by atoms with van der Waals surface area (Å²) in [4.78, 5) is 16.4. The third-order valence-corrected chi connectivity index (χ3v) is 5.55. The van der Waals surface area contributed by atoms with Crippen LogP contribution in [0.25, 0.3) is 0 Å². The van der Waals surface area contributed by atoms with Crippen LogP contribution in [0.4, 0.5) is 0 Å². The van der Waals surface area contributed by atoms with Crippen molar-refractivity contribution >= 4 is 5.91 Å². The number of ether oxygens (including phenoxy) is 2. The fraction of sp³-hybridized carbons (Fsp3) is 0.650. The average molecular weight is 346 g/mol. The van der Waals surface area contributed by atoms with Gasteiger partial charge in [0.2, 0.25) is 0 Å². The highest BCUT2D eigenvalue weighted by Crippen LogP contribution is 2.34. The van der Waals surface area contributed by atoms with Gasteiger partial charge in [0, 0.05) is 51.8 Å². The molecule has 0 N–H and O–H groups in total. The topological polar surface area (TPSA) is 42.0 Å². The standard InChI is InChI=1S/C20H30N2O3/c1-21(2)20(23)16-7-4-6-15(12-16)13-22-10-11-25-14-18(22)17-8-5-9-19(17)24-3/h4,6-7,12,17-19H,5,8-11,13-14H2,1-3H3/t17-,18-,19+/m0/s1. The number of hydrogen-bond acceptors (Lipinski definition) is 4. The zero-order chi connectivity index (χ0) is 17.8. The van der Waals surface area contributed by atoms with Gasteiger partial charge in [0.1, 0.15) is 0 Å². The minimum Gasteiger partial charge on any atom is -0.381 e. The van der Waals surface area contributed by atoms with E-state index in [1.54, 1.807) is 19.0 Å². The smallest absolute Gasteiger partial charge is 0.253 e. The minimum atomic E-state index is 0.0515. The van der Waals surface area contributed by atoms with E-state index in [1.165, 1.54) is 18.4 Å². The number of methoxy groups -OCH3 is 1. The third kappa shape index (κ3) is 4.22. The first-order chi connectivity index (χ1) is 12.1. The van der Waals surface area contributed by atoms with Crippen molar-refractivity contribution in [3.05, 3.63) is 35.4 Å². The Labute approximate surface area is 150 Å². The van der Waals surface area contributed by atoms with Crippen LogP contribution in [-0.2, 0) is 16.0 Å². The van der Waals surface area contributed by atoms with Crippen molar-refractivity contribution in [1.29, 1.82) is 0 Å². The molecule has 2 aliphatic rings. The van der Waals surface area contributed by atoms with E-state index in [1.807, 2.05) is 25.3 Å². The highest BCUT2D eigenvalue weighted by molar-refractivity contribution is 5.94. The first-order valence-corrected chi connectivity index (χ1v) is 9.25. The molecule has 1 amide bonds. The van der Waals surface area contributed by atoms with E-state index in [9.17, 15) is 4.79 Å². The number of morpholine rings is 1. The number of nitrogens with zero attached hydrogens (tertiary/aromatic N) is 2. The Balaban J connectivity index is 1.73. The monoisotopic (exact) mass is 346 g/mol. The summed E-state index contributed by atoms with van der Waals surface area (Å²) in [5, 5.41) is 0. The minimum absolute atomic E-state index is 0.0515. The first-order valence-electron chi connectivity index (χ1n) is 9.25. The van der Waals surface area contributed by atoms with E-state index in [0.717, 1.165) is 38.3 Å². The van der Waals surface area contributed by atoms with Gasteiger partial charge in [-0.25, -0.2) is 0 Å². The number of rotatable bonds is 5. The number of carbonyl (C=O) groups is 1. The lowest BCUT2D eigenvalue weighted by molar-refractivity contribution is -0.0608. The summed E-state index contributed by atoms with van der Waals surface area (Å²) in [5.74, 6) is 0.590. The van der Waals surface area contributed by atoms with Crippen LogP contribution >= 0.6 is 0 Å². The molecule has 1 aromatic carbocycles. The third-order valence-electron chi connectivity index (χ3n) is 5.55. The quantitative estimate of drug-likeness (QED) is 0.821. The molecule has 3 rings (SSSR count). The molecule has 0 spiro atoms. The van der Waals surface area contributed by atoms with E-state index in [-0.39, 0.29) is 5.91 Å². The van der Waals surface area contributed by atoms with Gasteiger partial charge >= 0.3 is 0 Å². The normalized spacial score (nSPS) is 27.4. The van der Waals surface area contributed by atoms with E-state index < -0.39 is 0 Å². The van der Waals surface area contributed by atoms with Gasteiger partial charge in [-0.2, -0.15) is 0 Å². The van der Waals surface area contributed by atoms with Gasteiger partial charge in [-0.15, -0.1) is 0 Å². The first kappa shape index (κ1) is 18.4. The van der Waals surface area contributed by atoms with Crippen molar-refractivity contribution in [3.63, 3.8) is 0 Å². The van der Waals surface area contributed by atoms with Gasteiger partial charge in [0.15, 0.2) is 0 Å². The van der Waals surface area contributed by atoms with Crippen LogP contribution in [0.15, 0.2) is 24.3 Å². The Morgan fingerprint density at radius 2 is 2.20 bits per heavy atom. The summed E-state index contributed by atoms with van der Waals surface area (Å²) in [6, 6.07) is 8.41. The van der Waals surface area contributed by atoms with Crippen molar-refractivity contribution in [2.24, 2.45) is 5.92 Å². The van der Waals surface area contributed by atoms with Gasteiger partial charge in [-0.1, -0.05) is 18.6 Å². The molecule has 5 nitrogen and oxygen atoms in total. The molecule has 138 valence electrons. The van der Waals surface area contributed by atoms with Crippen LogP contribution in [0.3, 0.4) is 0 Å². The summed E-state index contributed by atoms with van der Waals surface area (Å²) in [6.07, 6.45) is 3.94. The molecule has 0 unspecified atom stereocenters. The van der Waals surface area contributed by atoms with Crippen LogP contribution < -0.4 is 0 Å². The Bertz CT molecular complexity index is 590. The molecule has 0 aromatic heterocycles. The van der Waals surface area contributed by atoms with Gasteiger partial charge in [0.05, 0.1) is 19.3 Å². The maximum absolute atomic E-state index is 12.2. The number of amides is 1. The Morgan fingerprint density at radius 3 is 2.96 bits per heavy atom. The fourth-order valence-electron chi connectivity index (χ4n) is 4.23. The highest BCUT2D eigenvalue weighted by atomic mass is 16.5. The molecule has 1 aliphatic heterocycles. The van der Waals surface area contributed by atoms with Crippen molar-refractivity contribution in [2.75, 3.05) is 41.0 Å². The molecule has 25 heavy (non-hydrogen) atoms. The van der Waals surface area contributed by atoms with E-state index in [2.05, 4.69) is 11.0 Å². The molecule has 5 heteroatoms. The lowest BCUT2D eigenvalue weighted by atomic mass is 9.93. The maximum atomic E-state index is 12.2.